The van der Waals surface area contributed by atoms with Gasteiger partial charge < -0.3 is 10.2 Å². The summed E-state index contributed by atoms with van der Waals surface area (Å²) >= 11 is 1.84. The Morgan fingerprint density at radius 2 is 1.79 bits per heavy atom. The predicted molar refractivity (Wildman–Crippen MR) is 154 cm³/mol. The highest BCUT2D eigenvalue weighted by molar-refractivity contribution is 7.17. The van der Waals surface area contributed by atoms with E-state index in [1.807, 2.05) is 35.7 Å². The summed E-state index contributed by atoms with van der Waals surface area (Å²) in [5.41, 5.74) is 3.82. The number of ketones is 1. The van der Waals surface area contributed by atoms with Crippen LogP contribution in [0.4, 0.5) is 0 Å². The molecule has 7 nitrogen and oxygen atoms in total. The average molecular weight is 549 g/mol. The fourth-order valence-corrected chi connectivity index (χ4v) is 6.65. The summed E-state index contributed by atoms with van der Waals surface area (Å²) in [5.74, 6) is -3.07. The molecule has 1 saturated carbocycles. The van der Waals surface area contributed by atoms with Gasteiger partial charge in [0.15, 0.2) is 0 Å². The van der Waals surface area contributed by atoms with Gasteiger partial charge in [-0.25, -0.2) is 9.59 Å². The summed E-state index contributed by atoms with van der Waals surface area (Å²) < 4.78 is 1.40. The maximum absolute atomic E-state index is 13.5. The number of benzene rings is 1. The molecule has 0 amide bonds. The first-order valence-electron chi connectivity index (χ1n) is 13.7. The lowest BCUT2D eigenvalue weighted by molar-refractivity contribution is -0.159. The number of Topliss-reactive ketones (excluding diaryl/α,β-unsaturated/α-hetero) is 1. The lowest BCUT2D eigenvalue weighted by Gasteiger charge is -2.34. The minimum Gasteiger partial charge on any atom is -0.473 e. The Hall–Kier alpha value is -3.36. The van der Waals surface area contributed by atoms with Crippen molar-refractivity contribution in [3.8, 4) is 0 Å². The van der Waals surface area contributed by atoms with Gasteiger partial charge in [0.25, 0.3) is 0 Å². The molecule has 3 aromatic rings. The first-order chi connectivity index (χ1) is 18.8. The third kappa shape index (κ3) is 7.40. The number of carbonyl (C=O) groups excluding carboxylic acids is 1. The van der Waals surface area contributed by atoms with Crippen molar-refractivity contribution >= 4 is 44.7 Å². The maximum atomic E-state index is 13.5. The van der Waals surface area contributed by atoms with Gasteiger partial charge in [0, 0.05) is 29.4 Å². The zero-order valence-electron chi connectivity index (χ0n) is 22.3. The highest BCUT2D eigenvalue weighted by atomic mass is 32.1. The van der Waals surface area contributed by atoms with Crippen molar-refractivity contribution in [2.45, 2.75) is 63.8 Å². The van der Waals surface area contributed by atoms with Crippen molar-refractivity contribution in [2.24, 2.45) is 5.92 Å². The van der Waals surface area contributed by atoms with E-state index in [1.165, 1.54) is 40.5 Å². The van der Waals surface area contributed by atoms with Crippen LogP contribution in [-0.2, 0) is 14.4 Å². The van der Waals surface area contributed by atoms with Crippen LogP contribution < -0.4 is 0 Å². The molecule has 0 bridgehead atoms. The molecule has 1 fully saturated rings. The molecule has 0 saturated heterocycles. The summed E-state index contributed by atoms with van der Waals surface area (Å²) in [6, 6.07) is 15.3. The molecule has 1 aromatic carbocycles. The van der Waals surface area contributed by atoms with Gasteiger partial charge in [-0.2, -0.15) is 0 Å². The second kappa shape index (κ2) is 13.6. The van der Waals surface area contributed by atoms with Gasteiger partial charge in [-0.1, -0.05) is 49.6 Å². The van der Waals surface area contributed by atoms with E-state index in [-0.39, 0.29) is 11.8 Å². The maximum Gasteiger partial charge on any atom is 0.414 e. The van der Waals surface area contributed by atoms with Crippen LogP contribution in [0.15, 0.2) is 60.1 Å². The molecule has 2 aromatic heterocycles. The van der Waals surface area contributed by atoms with Crippen LogP contribution in [0.3, 0.4) is 0 Å². The van der Waals surface area contributed by atoms with Crippen LogP contribution >= 0.6 is 11.3 Å². The van der Waals surface area contributed by atoms with Crippen LogP contribution in [0.2, 0.25) is 0 Å². The molecule has 2 aliphatic rings. The molecule has 5 rings (SSSR count). The highest BCUT2D eigenvalue weighted by Gasteiger charge is 2.31. The number of carboxylic acids is 2. The molecule has 1 aliphatic carbocycles. The number of aromatic nitrogens is 1. The molecule has 2 N–H and O–H groups in total. The van der Waals surface area contributed by atoms with Gasteiger partial charge in [0.05, 0.1) is 11.6 Å². The fourth-order valence-electron chi connectivity index (χ4n) is 5.70. The normalized spacial score (nSPS) is 19.0. The van der Waals surface area contributed by atoms with Gasteiger partial charge in [-0.15, -0.1) is 11.3 Å². The molecule has 39 heavy (non-hydrogen) atoms. The van der Waals surface area contributed by atoms with E-state index in [0.29, 0.717) is 11.8 Å². The first-order valence-corrected chi connectivity index (χ1v) is 14.5. The molecular weight excluding hydrogens is 512 g/mol. The molecule has 3 heterocycles. The Morgan fingerprint density at radius 3 is 2.46 bits per heavy atom. The van der Waals surface area contributed by atoms with Crippen LogP contribution in [0.5, 0.6) is 0 Å². The highest BCUT2D eigenvalue weighted by Crippen LogP contribution is 2.35. The summed E-state index contributed by atoms with van der Waals surface area (Å²) in [6.07, 6.45) is 11.9. The number of pyridine rings is 1. The lowest BCUT2D eigenvalue weighted by atomic mass is 9.79. The Balaban J connectivity index is 0.000000531. The van der Waals surface area contributed by atoms with E-state index in [9.17, 15) is 4.79 Å². The van der Waals surface area contributed by atoms with Crippen LogP contribution in [0.25, 0.3) is 15.7 Å². The Bertz CT molecular complexity index is 1300. The zero-order chi connectivity index (χ0) is 27.8. The van der Waals surface area contributed by atoms with Gasteiger partial charge >= 0.3 is 11.9 Å². The SMILES string of the molecule is CC1CC(c2cccc3ccsc23)=CCN1CCC(C(=O)C1CCCCC1)c1ccccn1.O=C(O)C(=O)O. The number of rotatable bonds is 7. The number of thiophene rings is 1. The molecule has 8 heteroatoms. The van der Waals surface area contributed by atoms with Crippen LogP contribution in [-0.4, -0.2) is 57.0 Å². The van der Waals surface area contributed by atoms with Gasteiger partial charge in [-0.05, 0) is 79.3 Å². The molecule has 1 aliphatic heterocycles. The van der Waals surface area contributed by atoms with Crippen molar-refractivity contribution in [2.75, 3.05) is 13.1 Å². The molecular formula is C31H36N2O5S. The number of carboxylic acid groups (broad SMARTS) is 2. The summed E-state index contributed by atoms with van der Waals surface area (Å²) in [6.45, 7) is 4.22. The van der Waals surface area contributed by atoms with E-state index in [2.05, 4.69) is 52.5 Å². The van der Waals surface area contributed by atoms with Gasteiger partial charge in [0.2, 0.25) is 0 Å². The number of carbonyl (C=O) groups is 3. The number of hydrogen-bond donors (Lipinski definition) is 2. The van der Waals surface area contributed by atoms with Crippen molar-refractivity contribution in [1.82, 2.24) is 9.88 Å². The Labute approximate surface area is 233 Å². The standard InChI is InChI=1S/C29H34N2OS.C2H2O4/c1-21-20-24(25-11-7-10-23-15-19-33-29(23)25)13-17-31(21)18-14-26(27-12-5-6-16-30-27)28(32)22-8-3-2-4-9-22;3-1(4)2(5)6/h5-7,10-13,15-16,19,21-22,26H,2-4,8-9,14,17-18,20H2,1H3;(H,3,4)(H,5,6). The lowest BCUT2D eigenvalue weighted by Crippen LogP contribution is -2.38. The van der Waals surface area contributed by atoms with Gasteiger partial charge in [-0.3, -0.25) is 14.7 Å². The first kappa shape index (κ1) is 28.6. The fraction of sp³-hybridized carbons (Fsp3) is 0.419. The average Bonchev–Trinajstić information content (AvgIpc) is 3.44. The quantitative estimate of drug-likeness (QED) is 0.336. The van der Waals surface area contributed by atoms with Gasteiger partial charge in [0.1, 0.15) is 5.78 Å². The van der Waals surface area contributed by atoms with E-state index < -0.39 is 11.9 Å². The van der Waals surface area contributed by atoms with E-state index in [0.717, 1.165) is 44.5 Å². The molecule has 0 radical (unpaired) electrons. The number of fused-ring (bicyclic) bond motifs is 1. The second-order valence-corrected chi connectivity index (χ2v) is 11.3. The Morgan fingerprint density at radius 1 is 1.03 bits per heavy atom. The van der Waals surface area contributed by atoms with Crippen LogP contribution in [0.1, 0.15) is 69.0 Å². The second-order valence-electron chi connectivity index (χ2n) is 10.4. The van der Waals surface area contributed by atoms with Crippen molar-refractivity contribution in [1.29, 1.82) is 0 Å². The topological polar surface area (TPSA) is 108 Å². The monoisotopic (exact) mass is 548 g/mol. The zero-order valence-corrected chi connectivity index (χ0v) is 23.1. The number of nitrogens with zero attached hydrogens (tertiary/aromatic N) is 2. The molecule has 0 spiro atoms. The van der Waals surface area contributed by atoms with Crippen molar-refractivity contribution < 1.29 is 24.6 Å². The minimum absolute atomic E-state index is 0.0771. The van der Waals surface area contributed by atoms with Crippen LogP contribution in [0, 0.1) is 5.92 Å². The largest absolute Gasteiger partial charge is 0.473 e. The number of aliphatic carboxylic acids is 2. The third-order valence-corrected chi connectivity index (χ3v) is 8.78. The van der Waals surface area contributed by atoms with Crippen molar-refractivity contribution in [3.63, 3.8) is 0 Å². The molecule has 2 atom stereocenters. The molecule has 2 unspecified atom stereocenters. The summed E-state index contributed by atoms with van der Waals surface area (Å²) in [7, 11) is 0. The predicted octanol–water partition coefficient (Wildman–Crippen LogP) is 6.25. The third-order valence-electron chi connectivity index (χ3n) is 7.82. The Kier molecular flexibility index (Phi) is 10.0. The van der Waals surface area contributed by atoms with E-state index in [4.69, 9.17) is 19.8 Å². The number of hydrogen-bond acceptors (Lipinski definition) is 6. The molecule has 206 valence electrons. The minimum atomic E-state index is -1.82. The van der Waals surface area contributed by atoms with E-state index in [1.54, 1.807) is 0 Å². The van der Waals surface area contributed by atoms with Crippen molar-refractivity contribution in [3.05, 3.63) is 71.4 Å². The summed E-state index contributed by atoms with van der Waals surface area (Å²) in [4.78, 5) is 38.9. The smallest absolute Gasteiger partial charge is 0.414 e. The summed E-state index contributed by atoms with van der Waals surface area (Å²) in [5, 5.41) is 18.3. The van der Waals surface area contributed by atoms with E-state index >= 15 is 0 Å².